The summed E-state index contributed by atoms with van der Waals surface area (Å²) in [5.41, 5.74) is 1.45. The third kappa shape index (κ3) is 4.88. The van der Waals surface area contributed by atoms with E-state index in [9.17, 15) is 22.7 Å². The number of halogens is 1. The Kier molecular flexibility index (Phi) is 6.00. The molecular formula is C20H23FN2O4S. The van der Waals surface area contributed by atoms with E-state index >= 15 is 0 Å². The van der Waals surface area contributed by atoms with E-state index < -0.39 is 9.84 Å². The number of hydrogen-bond acceptors (Lipinski definition) is 5. The third-order valence-corrected chi connectivity index (χ3v) is 5.94. The van der Waals surface area contributed by atoms with E-state index in [0.29, 0.717) is 42.7 Å². The first kappa shape index (κ1) is 20.3. The van der Waals surface area contributed by atoms with Gasteiger partial charge in [-0.05, 0) is 54.8 Å². The predicted molar refractivity (Wildman–Crippen MR) is 105 cm³/mol. The number of nitrogens with zero attached hydrogens (tertiary/aromatic N) is 1. The van der Waals surface area contributed by atoms with E-state index in [1.165, 1.54) is 30.3 Å². The SMILES string of the molecule is CS(=O)(=O)c1ccc(C(=O)NCc2ccc(N3CCC(O)CC3)c(F)c2)cc1. The number of hydrogen-bond donors (Lipinski definition) is 2. The van der Waals surface area contributed by atoms with Crippen LogP contribution in [-0.4, -0.2) is 44.9 Å². The summed E-state index contributed by atoms with van der Waals surface area (Å²) in [6, 6.07) is 10.5. The lowest BCUT2D eigenvalue weighted by molar-refractivity contribution is 0.0950. The average molecular weight is 406 g/mol. The fraction of sp³-hybridized carbons (Fsp3) is 0.350. The minimum absolute atomic E-state index is 0.145. The second-order valence-corrected chi connectivity index (χ2v) is 9.00. The number of piperidine rings is 1. The highest BCUT2D eigenvalue weighted by Crippen LogP contribution is 2.24. The molecule has 1 saturated heterocycles. The van der Waals surface area contributed by atoms with Gasteiger partial charge in [0.25, 0.3) is 5.91 Å². The smallest absolute Gasteiger partial charge is 0.251 e. The molecule has 150 valence electrons. The Labute approximate surface area is 163 Å². The number of aliphatic hydroxyl groups excluding tert-OH is 1. The van der Waals surface area contributed by atoms with Gasteiger partial charge >= 0.3 is 0 Å². The van der Waals surface area contributed by atoms with Crippen LogP contribution in [0.3, 0.4) is 0 Å². The van der Waals surface area contributed by atoms with Crippen LogP contribution in [-0.2, 0) is 16.4 Å². The Morgan fingerprint density at radius 3 is 2.39 bits per heavy atom. The molecule has 2 aromatic rings. The van der Waals surface area contributed by atoms with Crippen LogP contribution in [0.4, 0.5) is 10.1 Å². The zero-order valence-electron chi connectivity index (χ0n) is 15.6. The normalized spacial score (nSPS) is 15.5. The monoisotopic (exact) mass is 406 g/mol. The number of rotatable bonds is 5. The van der Waals surface area contributed by atoms with Gasteiger partial charge in [0.15, 0.2) is 9.84 Å². The van der Waals surface area contributed by atoms with E-state index in [1.54, 1.807) is 12.1 Å². The van der Waals surface area contributed by atoms with Crippen LogP contribution >= 0.6 is 0 Å². The Balaban J connectivity index is 1.61. The van der Waals surface area contributed by atoms with Gasteiger partial charge in [-0.15, -0.1) is 0 Å². The van der Waals surface area contributed by atoms with Gasteiger partial charge < -0.3 is 15.3 Å². The molecule has 2 aromatic carbocycles. The minimum Gasteiger partial charge on any atom is -0.393 e. The molecule has 0 bridgehead atoms. The van der Waals surface area contributed by atoms with Gasteiger partial charge in [0, 0.05) is 31.5 Å². The summed E-state index contributed by atoms with van der Waals surface area (Å²) in [6.45, 7) is 1.37. The van der Waals surface area contributed by atoms with Crippen molar-refractivity contribution in [1.82, 2.24) is 5.32 Å². The summed E-state index contributed by atoms with van der Waals surface area (Å²) in [6.07, 6.45) is 2.03. The molecule has 0 aliphatic carbocycles. The van der Waals surface area contributed by atoms with Crippen molar-refractivity contribution in [1.29, 1.82) is 0 Å². The van der Waals surface area contributed by atoms with Crippen LogP contribution in [0.15, 0.2) is 47.4 Å². The van der Waals surface area contributed by atoms with Crippen LogP contribution in [0.1, 0.15) is 28.8 Å². The van der Waals surface area contributed by atoms with Crippen molar-refractivity contribution in [3.63, 3.8) is 0 Å². The molecule has 0 atom stereocenters. The summed E-state index contributed by atoms with van der Waals surface area (Å²) in [5, 5.41) is 12.3. The van der Waals surface area contributed by atoms with E-state index in [-0.39, 0.29) is 29.3 Å². The molecule has 28 heavy (non-hydrogen) atoms. The van der Waals surface area contributed by atoms with Crippen molar-refractivity contribution in [3.05, 3.63) is 59.4 Å². The fourth-order valence-electron chi connectivity index (χ4n) is 3.16. The lowest BCUT2D eigenvalue weighted by Crippen LogP contribution is -2.36. The van der Waals surface area contributed by atoms with Crippen LogP contribution in [0.25, 0.3) is 0 Å². The Hall–Kier alpha value is -2.45. The molecule has 0 spiro atoms. The first-order chi connectivity index (χ1) is 13.2. The van der Waals surface area contributed by atoms with Crippen molar-refractivity contribution in [2.45, 2.75) is 30.4 Å². The van der Waals surface area contributed by atoms with E-state index in [2.05, 4.69) is 5.32 Å². The average Bonchev–Trinajstić information content (AvgIpc) is 2.66. The van der Waals surface area contributed by atoms with Crippen molar-refractivity contribution < 1.29 is 22.7 Å². The molecule has 0 unspecified atom stereocenters. The summed E-state index contributed by atoms with van der Waals surface area (Å²) in [7, 11) is -3.31. The highest BCUT2D eigenvalue weighted by Gasteiger charge is 2.19. The number of sulfone groups is 1. The van der Waals surface area contributed by atoms with Gasteiger partial charge in [0.2, 0.25) is 0 Å². The molecule has 1 fully saturated rings. The molecule has 8 heteroatoms. The summed E-state index contributed by atoms with van der Waals surface area (Å²) < 4.78 is 37.4. The lowest BCUT2D eigenvalue weighted by Gasteiger charge is -2.31. The Morgan fingerprint density at radius 1 is 1.18 bits per heavy atom. The van der Waals surface area contributed by atoms with Crippen LogP contribution in [0.2, 0.25) is 0 Å². The van der Waals surface area contributed by atoms with Gasteiger partial charge in [-0.25, -0.2) is 12.8 Å². The zero-order valence-corrected chi connectivity index (χ0v) is 16.4. The summed E-state index contributed by atoms with van der Waals surface area (Å²) in [4.78, 5) is 14.3. The van der Waals surface area contributed by atoms with E-state index in [4.69, 9.17) is 0 Å². The van der Waals surface area contributed by atoms with Crippen LogP contribution < -0.4 is 10.2 Å². The molecule has 0 aromatic heterocycles. The summed E-state index contributed by atoms with van der Waals surface area (Å²) in [5.74, 6) is -0.727. The summed E-state index contributed by atoms with van der Waals surface area (Å²) >= 11 is 0. The molecule has 1 amide bonds. The fourth-order valence-corrected chi connectivity index (χ4v) is 3.79. The first-order valence-electron chi connectivity index (χ1n) is 9.04. The maximum atomic E-state index is 14.5. The van der Waals surface area contributed by atoms with Gasteiger partial charge in [-0.3, -0.25) is 4.79 Å². The minimum atomic E-state index is -3.31. The number of anilines is 1. The molecule has 0 radical (unpaired) electrons. The molecule has 1 heterocycles. The van der Waals surface area contributed by atoms with Gasteiger partial charge in [-0.1, -0.05) is 6.07 Å². The quantitative estimate of drug-likeness (QED) is 0.794. The third-order valence-electron chi connectivity index (χ3n) is 4.81. The van der Waals surface area contributed by atoms with Crippen LogP contribution in [0, 0.1) is 5.82 Å². The molecule has 3 rings (SSSR count). The standard InChI is InChI=1S/C20H23FN2O4S/c1-28(26,27)17-5-3-15(4-6-17)20(25)22-13-14-2-7-19(18(21)12-14)23-10-8-16(24)9-11-23/h2-7,12,16,24H,8-11,13H2,1H3,(H,22,25). The number of carbonyl (C=O) groups is 1. The second-order valence-electron chi connectivity index (χ2n) is 6.98. The largest absolute Gasteiger partial charge is 0.393 e. The van der Waals surface area contributed by atoms with Gasteiger partial charge in [-0.2, -0.15) is 0 Å². The van der Waals surface area contributed by atoms with Crippen molar-refractivity contribution in [2.24, 2.45) is 0 Å². The maximum Gasteiger partial charge on any atom is 0.251 e. The molecule has 1 aliphatic heterocycles. The van der Waals surface area contributed by atoms with Gasteiger partial charge in [0.1, 0.15) is 5.82 Å². The van der Waals surface area contributed by atoms with E-state index in [1.807, 2.05) is 4.90 Å². The van der Waals surface area contributed by atoms with Crippen LogP contribution in [0.5, 0.6) is 0 Å². The number of nitrogens with one attached hydrogen (secondary N) is 1. The maximum absolute atomic E-state index is 14.5. The Morgan fingerprint density at radius 2 is 1.82 bits per heavy atom. The van der Waals surface area contributed by atoms with Crippen molar-refractivity contribution in [2.75, 3.05) is 24.2 Å². The molecule has 0 saturated carbocycles. The number of amides is 1. The number of carbonyl (C=O) groups excluding carboxylic acids is 1. The zero-order chi connectivity index (χ0) is 20.3. The molecular weight excluding hydrogens is 383 g/mol. The predicted octanol–water partition coefficient (Wildman–Crippen LogP) is 2.12. The lowest BCUT2D eigenvalue weighted by atomic mass is 10.1. The molecule has 1 aliphatic rings. The first-order valence-corrected chi connectivity index (χ1v) is 10.9. The number of aliphatic hydroxyl groups is 1. The van der Waals surface area contributed by atoms with Crippen molar-refractivity contribution >= 4 is 21.4 Å². The Bertz CT molecular complexity index is 953. The molecule has 6 nitrogen and oxygen atoms in total. The number of benzene rings is 2. The van der Waals surface area contributed by atoms with Gasteiger partial charge in [0.05, 0.1) is 16.7 Å². The highest BCUT2D eigenvalue weighted by molar-refractivity contribution is 7.90. The molecule has 2 N–H and O–H groups in total. The second kappa shape index (κ2) is 8.28. The van der Waals surface area contributed by atoms with E-state index in [0.717, 1.165) is 6.26 Å². The highest BCUT2D eigenvalue weighted by atomic mass is 32.2. The topological polar surface area (TPSA) is 86.7 Å². The van der Waals surface area contributed by atoms with Crippen molar-refractivity contribution in [3.8, 4) is 0 Å².